The van der Waals surface area contributed by atoms with Crippen molar-refractivity contribution in [2.75, 3.05) is 6.54 Å². The number of hydrogen-bond acceptors (Lipinski definition) is 4. The van der Waals surface area contributed by atoms with E-state index in [1.807, 2.05) is 11.8 Å². The summed E-state index contributed by atoms with van der Waals surface area (Å²) in [5.41, 5.74) is 1.99. The highest BCUT2D eigenvalue weighted by Crippen LogP contribution is 2.32. The smallest absolute Gasteiger partial charge is 0.335 e. The number of hydrogen-bond donors (Lipinski definition) is 1. The zero-order chi connectivity index (χ0) is 14.8. The Kier molecular flexibility index (Phi) is 3.60. The van der Waals surface area contributed by atoms with E-state index in [4.69, 9.17) is 4.42 Å². The van der Waals surface area contributed by atoms with Crippen molar-refractivity contribution in [3.63, 3.8) is 0 Å². The fourth-order valence-electron chi connectivity index (χ4n) is 2.81. The second-order valence-electron chi connectivity index (χ2n) is 5.32. The van der Waals surface area contributed by atoms with E-state index in [-0.39, 0.29) is 11.9 Å². The molecule has 0 spiro atoms. The number of likely N-dealkylation sites (tertiary alicyclic amines) is 1. The van der Waals surface area contributed by atoms with E-state index < -0.39 is 5.63 Å². The Bertz CT molecular complexity index is 684. The number of rotatable bonds is 2. The first-order chi connectivity index (χ1) is 10.2. The average molecular weight is 287 g/mol. The third-order valence-electron chi connectivity index (χ3n) is 3.91. The fraction of sp³-hybridized carbons (Fsp3) is 0.400. The minimum Gasteiger partial charge on any atom is -0.430 e. The van der Waals surface area contributed by atoms with Gasteiger partial charge in [0.05, 0.1) is 23.5 Å². The summed E-state index contributed by atoms with van der Waals surface area (Å²) in [5, 5.41) is 7.06. The number of nitrogens with one attached hydrogen (secondary N) is 1. The van der Waals surface area contributed by atoms with Crippen molar-refractivity contribution in [1.82, 2.24) is 15.1 Å². The van der Waals surface area contributed by atoms with Crippen LogP contribution in [0.4, 0.5) is 0 Å². The molecule has 1 aliphatic heterocycles. The fourth-order valence-corrected chi connectivity index (χ4v) is 2.81. The normalized spacial score (nSPS) is 18.7. The zero-order valence-electron chi connectivity index (χ0n) is 11.8. The van der Waals surface area contributed by atoms with Gasteiger partial charge in [-0.05, 0) is 37.8 Å². The van der Waals surface area contributed by atoms with Gasteiger partial charge in [0.25, 0.3) is 5.91 Å². The lowest BCUT2D eigenvalue weighted by molar-refractivity contribution is 0.0602. The zero-order valence-corrected chi connectivity index (χ0v) is 11.8. The summed E-state index contributed by atoms with van der Waals surface area (Å²) in [7, 11) is 0. The Balaban J connectivity index is 1.91. The Morgan fingerprint density at radius 1 is 1.43 bits per heavy atom. The maximum absolute atomic E-state index is 12.7. The third kappa shape index (κ3) is 2.61. The summed E-state index contributed by atoms with van der Waals surface area (Å²) in [6.07, 6.45) is 5.97. The molecule has 1 N–H and O–H groups in total. The molecule has 0 aromatic carbocycles. The molecule has 110 valence electrons. The van der Waals surface area contributed by atoms with Gasteiger partial charge in [-0.25, -0.2) is 4.79 Å². The lowest BCUT2D eigenvalue weighted by Gasteiger charge is -2.35. The largest absolute Gasteiger partial charge is 0.430 e. The highest BCUT2D eigenvalue weighted by Gasteiger charge is 2.30. The molecule has 6 heteroatoms. The van der Waals surface area contributed by atoms with Crippen molar-refractivity contribution in [2.24, 2.45) is 0 Å². The van der Waals surface area contributed by atoms with Gasteiger partial charge in [-0.1, -0.05) is 0 Å². The predicted molar refractivity (Wildman–Crippen MR) is 75.9 cm³/mol. The lowest BCUT2D eigenvalue weighted by Crippen LogP contribution is -2.39. The van der Waals surface area contributed by atoms with Crippen LogP contribution in [-0.4, -0.2) is 27.5 Å². The maximum Gasteiger partial charge on any atom is 0.335 e. The minimum absolute atomic E-state index is 0.000628. The summed E-state index contributed by atoms with van der Waals surface area (Å²) in [5.74, 6) is -0.113. The second-order valence-corrected chi connectivity index (χ2v) is 5.32. The molecule has 0 aliphatic carbocycles. The molecule has 3 rings (SSSR count). The van der Waals surface area contributed by atoms with E-state index in [1.165, 1.54) is 18.4 Å². The summed E-state index contributed by atoms with van der Waals surface area (Å²) < 4.78 is 4.80. The van der Waals surface area contributed by atoms with E-state index in [0.29, 0.717) is 12.1 Å². The van der Waals surface area contributed by atoms with Crippen molar-refractivity contribution >= 4 is 5.91 Å². The number of aromatic amines is 1. The second kappa shape index (κ2) is 5.55. The molecular weight excluding hydrogens is 270 g/mol. The Morgan fingerprint density at radius 2 is 2.29 bits per heavy atom. The van der Waals surface area contributed by atoms with E-state index >= 15 is 0 Å². The number of piperidine rings is 1. The molecule has 21 heavy (non-hydrogen) atoms. The van der Waals surface area contributed by atoms with Gasteiger partial charge in [0.2, 0.25) is 0 Å². The maximum atomic E-state index is 12.7. The number of nitrogens with zero attached hydrogens (tertiary/aromatic N) is 2. The number of carbonyl (C=O) groups excluding carboxylic acids is 1. The van der Waals surface area contributed by atoms with Gasteiger partial charge in [0.15, 0.2) is 0 Å². The number of aryl methyl sites for hydroxylation is 1. The van der Waals surface area contributed by atoms with Crippen LogP contribution in [0, 0.1) is 6.92 Å². The number of H-pyrrole nitrogens is 1. The standard InChI is InChI=1S/C15H17N3O3/c1-10-8-16-17-14(10)12-4-2-3-7-18(12)15(20)11-5-6-13(19)21-9-11/h5-6,8-9,12H,2-4,7H2,1H3,(H,16,17). The summed E-state index contributed by atoms with van der Waals surface area (Å²) >= 11 is 0. The molecule has 6 nitrogen and oxygen atoms in total. The molecule has 2 aromatic rings. The molecule has 1 aliphatic rings. The molecule has 1 unspecified atom stereocenters. The van der Waals surface area contributed by atoms with Gasteiger partial charge in [-0.15, -0.1) is 0 Å². The highest BCUT2D eigenvalue weighted by molar-refractivity contribution is 5.94. The average Bonchev–Trinajstić information content (AvgIpc) is 2.93. The molecule has 1 atom stereocenters. The first kappa shape index (κ1) is 13.6. The van der Waals surface area contributed by atoms with Gasteiger partial charge in [-0.2, -0.15) is 5.10 Å². The summed E-state index contributed by atoms with van der Waals surface area (Å²) in [4.78, 5) is 25.5. The predicted octanol–water partition coefficient (Wildman–Crippen LogP) is 2.04. The molecule has 0 radical (unpaired) electrons. The van der Waals surface area contributed by atoms with Crippen molar-refractivity contribution in [2.45, 2.75) is 32.2 Å². The third-order valence-corrected chi connectivity index (χ3v) is 3.91. The van der Waals surface area contributed by atoms with Gasteiger partial charge in [0.1, 0.15) is 6.26 Å². The quantitative estimate of drug-likeness (QED) is 0.916. The van der Waals surface area contributed by atoms with Gasteiger partial charge < -0.3 is 9.32 Å². The molecule has 0 bridgehead atoms. The van der Waals surface area contributed by atoms with Crippen molar-refractivity contribution < 1.29 is 9.21 Å². The van der Waals surface area contributed by atoms with E-state index in [1.54, 1.807) is 6.20 Å². The van der Waals surface area contributed by atoms with E-state index in [9.17, 15) is 9.59 Å². The van der Waals surface area contributed by atoms with Crippen molar-refractivity contribution in [3.8, 4) is 0 Å². The summed E-state index contributed by atoms with van der Waals surface area (Å²) in [6, 6.07) is 2.79. The number of carbonyl (C=O) groups is 1. The topological polar surface area (TPSA) is 79.2 Å². The van der Waals surface area contributed by atoms with Gasteiger partial charge in [0, 0.05) is 12.6 Å². The minimum atomic E-state index is -0.453. The Labute approximate surface area is 121 Å². The molecule has 1 amide bonds. The van der Waals surface area contributed by atoms with Crippen molar-refractivity contribution in [1.29, 1.82) is 0 Å². The van der Waals surface area contributed by atoms with Crippen LogP contribution in [0.5, 0.6) is 0 Å². The monoisotopic (exact) mass is 287 g/mol. The Morgan fingerprint density at radius 3 is 2.95 bits per heavy atom. The molecule has 1 fully saturated rings. The van der Waals surface area contributed by atoms with Gasteiger partial charge in [-0.3, -0.25) is 9.89 Å². The van der Waals surface area contributed by atoms with E-state index in [0.717, 1.165) is 30.5 Å². The molecule has 0 saturated carbocycles. The van der Waals surface area contributed by atoms with Crippen molar-refractivity contribution in [3.05, 3.63) is 51.8 Å². The number of aromatic nitrogens is 2. The molecular formula is C15H17N3O3. The van der Waals surface area contributed by atoms with Crippen LogP contribution in [0.2, 0.25) is 0 Å². The van der Waals surface area contributed by atoms with Crippen LogP contribution in [0.3, 0.4) is 0 Å². The Hall–Kier alpha value is -2.37. The molecule has 2 aromatic heterocycles. The van der Waals surface area contributed by atoms with E-state index in [2.05, 4.69) is 10.2 Å². The van der Waals surface area contributed by atoms with Gasteiger partial charge >= 0.3 is 5.63 Å². The first-order valence-electron chi connectivity index (χ1n) is 7.06. The summed E-state index contributed by atoms with van der Waals surface area (Å²) in [6.45, 7) is 2.68. The number of amides is 1. The van der Waals surface area contributed by atoms with Crippen LogP contribution < -0.4 is 5.63 Å². The van der Waals surface area contributed by atoms with Crippen LogP contribution in [0.1, 0.15) is 46.9 Å². The van der Waals surface area contributed by atoms with Crippen LogP contribution in [0.15, 0.2) is 33.8 Å². The van der Waals surface area contributed by atoms with Crippen LogP contribution in [-0.2, 0) is 0 Å². The lowest BCUT2D eigenvalue weighted by atomic mass is 9.96. The SMILES string of the molecule is Cc1cn[nH]c1C1CCCCN1C(=O)c1ccc(=O)oc1. The molecule has 1 saturated heterocycles. The van der Waals surface area contributed by atoms with Crippen LogP contribution in [0.25, 0.3) is 0 Å². The van der Waals surface area contributed by atoms with Crippen LogP contribution >= 0.6 is 0 Å². The highest BCUT2D eigenvalue weighted by atomic mass is 16.4. The molecule has 3 heterocycles. The first-order valence-corrected chi connectivity index (χ1v) is 7.06.